The van der Waals surface area contributed by atoms with Gasteiger partial charge in [0.25, 0.3) is 0 Å². The number of hydrogen-bond donors (Lipinski definition) is 3. The number of hydrogen-bond acceptors (Lipinski definition) is 2. The SMILES string of the molecule is CC(C)NC(=O)NC(C)C1CCNC1. The van der Waals surface area contributed by atoms with Gasteiger partial charge in [-0.2, -0.15) is 0 Å². The summed E-state index contributed by atoms with van der Waals surface area (Å²) in [7, 11) is 0. The minimum atomic E-state index is -0.0561. The molecular weight excluding hydrogens is 178 g/mol. The molecule has 0 saturated carbocycles. The number of urea groups is 1. The van der Waals surface area contributed by atoms with Gasteiger partial charge in [0.05, 0.1) is 0 Å². The van der Waals surface area contributed by atoms with Gasteiger partial charge < -0.3 is 16.0 Å². The summed E-state index contributed by atoms with van der Waals surface area (Å²) in [5.41, 5.74) is 0. The van der Waals surface area contributed by atoms with E-state index in [0.29, 0.717) is 5.92 Å². The molecule has 0 radical (unpaired) electrons. The first kappa shape index (κ1) is 11.3. The van der Waals surface area contributed by atoms with Crippen molar-refractivity contribution in [1.82, 2.24) is 16.0 Å². The van der Waals surface area contributed by atoms with E-state index in [0.717, 1.165) is 19.5 Å². The lowest BCUT2D eigenvalue weighted by Gasteiger charge is -2.20. The average molecular weight is 199 g/mol. The summed E-state index contributed by atoms with van der Waals surface area (Å²) >= 11 is 0. The molecule has 3 N–H and O–H groups in total. The molecule has 1 aliphatic rings. The van der Waals surface area contributed by atoms with Gasteiger partial charge in [-0.1, -0.05) is 0 Å². The molecule has 1 rings (SSSR count). The lowest BCUT2D eigenvalue weighted by Crippen LogP contribution is -2.46. The molecule has 0 bridgehead atoms. The second kappa shape index (κ2) is 5.20. The molecule has 1 saturated heterocycles. The average Bonchev–Trinajstić information content (AvgIpc) is 2.53. The van der Waals surface area contributed by atoms with Crippen molar-refractivity contribution in [1.29, 1.82) is 0 Å². The van der Waals surface area contributed by atoms with E-state index in [1.165, 1.54) is 0 Å². The Kier molecular flexibility index (Phi) is 4.20. The van der Waals surface area contributed by atoms with Crippen LogP contribution in [0.1, 0.15) is 27.2 Å². The van der Waals surface area contributed by atoms with Crippen LogP contribution in [0.5, 0.6) is 0 Å². The van der Waals surface area contributed by atoms with Crippen molar-refractivity contribution in [3.05, 3.63) is 0 Å². The molecule has 1 heterocycles. The Morgan fingerprint density at radius 2 is 2.07 bits per heavy atom. The Morgan fingerprint density at radius 1 is 1.36 bits per heavy atom. The van der Waals surface area contributed by atoms with Crippen LogP contribution in [0.3, 0.4) is 0 Å². The van der Waals surface area contributed by atoms with Gasteiger partial charge in [0.2, 0.25) is 0 Å². The van der Waals surface area contributed by atoms with Crippen molar-refractivity contribution in [2.24, 2.45) is 5.92 Å². The standard InChI is InChI=1S/C10H21N3O/c1-7(2)12-10(14)13-8(3)9-4-5-11-6-9/h7-9,11H,4-6H2,1-3H3,(H2,12,13,14). The van der Waals surface area contributed by atoms with Crippen LogP contribution in [0, 0.1) is 5.92 Å². The van der Waals surface area contributed by atoms with Gasteiger partial charge in [-0.15, -0.1) is 0 Å². The molecule has 1 fully saturated rings. The number of nitrogens with one attached hydrogen (secondary N) is 3. The van der Waals surface area contributed by atoms with E-state index in [2.05, 4.69) is 22.9 Å². The quantitative estimate of drug-likeness (QED) is 0.626. The molecule has 2 unspecified atom stereocenters. The Morgan fingerprint density at radius 3 is 2.57 bits per heavy atom. The largest absolute Gasteiger partial charge is 0.336 e. The van der Waals surface area contributed by atoms with Crippen molar-refractivity contribution in [2.45, 2.75) is 39.3 Å². The Labute approximate surface area is 85.8 Å². The molecular formula is C10H21N3O. The second-order valence-electron chi connectivity index (χ2n) is 4.31. The first-order chi connectivity index (χ1) is 6.59. The van der Waals surface area contributed by atoms with E-state index in [4.69, 9.17) is 0 Å². The van der Waals surface area contributed by atoms with Crippen LogP contribution < -0.4 is 16.0 Å². The molecule has 2 amide bonds. The van der Waals surface area contributed by atoms with Crippen LogP contribution in [0.15, 0.2) is 0 Å². The highest BCUT2D eigenvalue weighted by Crippen LogP contribution is 2.11. The summed E-state index contributed by atoms with van der Waals surface area (Å²) in [5.74, 6) is 0.577. The summed E-state index contributed by atoms with van der Waals surface area (Å²) in [5, 5.41) is 9.09. The molecule has 14 heavy (non-hydrogen) atoms. The Hall–Kier alpha value is -0.770. The fourth-order valence-electron chi connectivity index (χ4n) is 1.73. The van der Waals surface area contributed by atoms with Crippen LogP contribution in [-0.2, 0) is 0 Å². The first-order valence-corrected chi connectivity index (χ1v) is 5.37. The Bertz CT molecular complexity index is 188. The fraction of sp³-hybridized carbons (Fsp3) is 0.900. The maximum Gasteiger partial charge on any atom is 0.315 e. The van der Waals surface area contributed by atoms with E-state index >= 15 is 0 Å². The van der Waals surface area contributed by atoms with E-state index < -0.39 is 0 Å². The van der Waals surface area contributed by atoms with Crippen LogP contribution in [0.4, 0.5) is 4.79 Å². The number of amides is 2. The zero-order chi connectivity index (χ0) is 10.6. The van der Waals surface area contributed by atoms with Crippen molar-refractivity contribution >= 4 is 6.03 Å². The van der Waals surface area contributed by atoms with Gasteiger partial charge in [-0.3, -0.25) is 0 Å². The molecule has 0 aliphatic carbocycles. The van der Waals surface area contributed by atoms with Gasteiger partial charge >= 0.3 is 6.03 Å². The molecule has 0 aromatic rings. The molecule has 0 aromatic carbocycles. The van der Waals surface area contributed by atoms with E-state index in [-0.39, 0.29) is 18.1 Å². The van der Waals surface area contributed by atoms with Crippen molar-refractivity contribution in [3.63, 3.8) is 0 Å². The normalized spacial score (nSPS) is 23.6. The van der Waals surface area contributed by atoms with Crippen LogP contribution >= 0.6 is 0 Å². The minimum Gasteiger partial charge on any atom is -0.336 e. The third-order valence-electron chi connectivity index (χ3n) is 2.58. The molecule has 2 atom stereocenters. The van der Waals surface area contributed by atoms with Crippen LogP contribution in [-0.4, -0.2) is 31.2 Å². The van der Waals surface area contributed by atoms with E-state index in [1.807, 2.05) is 13.8 Å². The van der Waals surface area contributed by atoms with Crippen LogP contribution in [0.25, 0.3) is 0 Å². The van der Waals surface area contributed by atoms with Crippen molar-refractivity contribution < 1.29 is 4.79 Å². The van der Waals surface area contributed by atoms with Gasteiger partial charge in [-0.25, -0.2) is 4.79 Å². The molecule has 4 nitrogen and oxygen atoms in total. The second-order valence-corrected chi connectivity index (χ2v) is 4.31. The molecule has 4 heteroatoms. The fourth-order valence-corrected chi connectivity index (χ4v) is 1.73. The van der Waals surface area contributed by atoms with Gasteiger partial charge in [0.15, 0.2) is 0 Å². The van der Waals surface area contributed by atoms with E-state index in [1.54, 1.807) is 0 Å². The minimum absolute atomic E-state index is 0.0561. The first-order valence-electron chi connectivity index (χ1n) is 5.37. The maximum absolute atomic E-state index is 11.4. The predicted molar refractivity (Wildman–Crippen MR) is 57.2 cm³/mol. The lowest BCUT2D eigenvalue weighted by atomic mass is 10.0. The highest BCUT2D eigenvalue weighted by atomic mass is 16.2. The number of carbonyl (C=O) groups is 1. The molecule has 82 valence electrons. The topological polar surface area (TPSA) is 53.2 Å². The van der Waals surface area contributed by atoms with Crippen LogP contribution in [0.2, 0.25) is 0 Å². The summed E-state index contributed by atoms with van der Waals surface area (Å²) in [6.07, 6.45) is 1.16. The van der Waals surface area contributed by atoms with Gasteiger partial charge in [0.1, 0.15) is 0 Å². The highest BCUT2D eigenvalue weighted by molar-refractivity contribution is 5.74. The molecule has 0 aromatic heterocycles. The summed E-state index contributed by atoms with van der Waals surface area (Å²) in [6, 6.07) is 0.395. The number of rotatable bonds is 3. The predicted octanol–water partition coefficient (Wildman–Crippen LogP) is 0.692. The zero-order valence-corrected chi connectivity index (χ0v) is 9.26. The van der Waals surface area contributed by atoms with Crippen molar-refractivity contribution in [3.8, 4) is 0 Å². The maximum atomic E-state index is 11.4. The zero-order valence-electron chi connectivity index (χ0n) is 9.26. The van der Waals surface area contributed by atoms with Crippen molar-refractivity contribution in [2.75, 3.05) is 13.1 Å². The number of carbonyl (C=O) groups excluding carboxylic acids is 1. The highest BCUT2D eigenvalue weighted by Gasteiger charge is 2.22. The molecule has 1 aliphatic heterocycles. The third kappa shape index (κ3) is 3.54. The third-order valence-corrected chi connectivity index (χ3v) is 2.58. The van der Waals surface area contributed by atoms with E-state index in [9.17, 15) is 4.79 Å². The molecule has 0 spiro atoms. The summed E-state index contributed by atoms with van der Waals surface area (Å²) < 4.78 is 0. The summed E-state index contributed by atoms with van der Waals surface area (Å²) in [6.45, 7) is 8.08. The van der Waals surface area contributed by atoms with Gasteiger partial charge in [0, 0.05) is 12.1 Å². The lowest BCUT2D eigenvalue weighted by molar-refractivity contribution is 0.231. The van der Waals surface area contributed by atoms with Gasteiger partial charge in [-0.05, 0) is 46.2 Å². The monoisotopic (exact) mass is 199 g/mol. The summed E-state index contributed by atoms with van der Waals surface area (Å²) in [4.78, 5) is 11.4. The Balaban J connectivity index is 2.24. The smallest absolute Gasteiger partial charge is 0.315 e.